The summed E-state index contributed by atoms with van der Waals surface area (Å²) in [6.07, 6.45) is 1.82. The Kier molecular flexibility index (Phi) is 7.40. The van der Waals surface area contributed by atoms with Gasteiger partial charge in [0.15, 0.2) is 0 Å². The van der Waals surface area contributed by atoms with Gasteiger partial charge in [0.25, 0.3) is 0 Å². The maximum atomic E-state index is 5.82. The Morgan fingerprint density at radius 3 is 2.58 bits per heavy atom. The molecule has 108 valence electrons. The molecule has 0 saturated carbocycles. The zero-order chi connectivity index (χ0) is 14.1. The van der Waals surface area contributed by atoms with Crippen molar-refractivity contribution in [1.82, 2.24) is 15.2 Å². The molecule has 0 radical (unpaired) electrons. The van der Waals surface area contributed by atoms with Gasteiger partial charge in [-0.05, 0) is 18.7 Å². The smallest absolute Gasteiger partial charge is 0.212 e. The summed E-state index contributed by atoms with van der Waals surface area (Å²) in [6.45, 7) is 9.04. The van der Waals surface area contributed by atoms with Crippen LogP contribution in [-0.2, 0) is 0 Å². The lowest BCUT2D eigenvalue weighted by molar-refractivity contribution is 0.296. The second-order valence-corrected chi connectivity index (χ2v) is 4.40. The van der Waals surface area contributed by atoms with Crippen LogP contribution in [0, 0.1) is 0 Å². The maximum absolute atomic E-state index is 5.82. The summed E-state index contributed by atoms with van der Waals surface area (Å²) in [7, 11) is 1.62. The van der Waals surface area contributed by atoms with Gasteiger partial charge in [-0.25, -0.2) is 4.98 Å². The van der Waals surface area contributed by atoms with Crippen LogP contribution in [0.3, 0.4) is 0 Å². The molecule has 3 N–H and O–H groups in total. The van der Waals surface area contributed by atoms with Gasteiger partial charge in [0.1, 0.15) is 0 Å². The highest BCUT2D eigenvalue weighted by Crippen LogP contribution is 2.13. The van der Waals surface area contributed by atoms with Crippen LogP contribution >= 0.6 is 0 Å². The molecule has 1 heterocycles. The fourth-order valence-electron chi connectivity index (χ4n) is 1.99. The van der Waals surface area contributed by atoms with E-state index in [0.717, 1.165) is 31.7 Å². The molecule has 0 spiro atoms. The SMILES string of the molecule is CCN(CC)CCNC(CN)c1ccc(OC)nc1. The lowest BCUT2D eigenvalue weighted by atomic mass is 10.1. The summed E-state index contributed by atoms with van der Waals surface area (Å²) >= 11 is 0. The summed E-state index contributed by atoms with van der Waals surface area (Å²) in [6, 6.07) is 4.02. The van der Waals surface area contributed by atoms with Crippen LogP contribution in [-0.4, -0.2) is 49.7 Å². The molecule has 1 atom stereocenters. The van der Waals surface area contributed by atoms with Crippen LogP contribution < -0.4 is 15.8 Å². The molecule has 0 aliphatic carbocycles. The highest BCUT2D eigenvalue weighted by Gasteiger charge is 2.10. The van der Waals surface area contributed by atoms with Crippen molar-refractivity contribution < 1.29 is 4.74 Å². The summed E-state index contributed by atoms with van der Waals surface area (Å²) in [5, 5.41) is 3.47. The van der Waals surface area contributed by atoms with Crippen molar-refractivity contribution in [3.05, 3.63) is 23.9 Å². The Bertz CT molecular complexity index is 338. The largest absolute Gasteiger partial charge is 0.481 e. The maximum Gasteiger partial charge on any atom is 0.212 e. The molecular weight excluding hydrogens is 240 g/mol. The van der Waals surface area contributed by atoms with E-state index in [0.29, 0.717) is 12.4 Å². The molecular formula is C14H26N4O. The molecule has 0 aliphatic rings. The number of nitrogens with zero attached hydrogens (tertiary/aromatic N) is 2. The van der Waals surface area contributed by atoms with Gasteiger partial charge in [0, 0.05) is 37.9 Å². The number of likely N-dealkylation sites (N-methyl/N-ethyl adjacent to an activating group) is 1. The van der Waals surface area contributed by atoms with E-state index in [2.05, 4.69) is 29.0 Å². The predicted octanol–water partition coefficient (Wildman–Crippen LogP) is 1.02. The van der Waals surface area contributed by atoms with Crippen molar-refractivity contribution in [3.63, 3.8) is 0 Å². The molecule has 0 saturated heterocycles. The number of nitrogens with two attached hydrogens (primary N) is 1. The van der Waals surface area contributed by atoms with Crippen molar-refractivity contribution in [2.75, 3.05) is 39.8 Å². The number of nitrogens with one attached hydrogen (secondary N) is 1. The fraction of sp³-hybridized carbons (Fsp3) is 0.643. The summed E-state index contributed by atoms with van der Waals surface area (Å²) in [5.74, 6) is 0.627. The fourth-order valence-corrected chi connectivity index (χ4v) is 1.99. The molecule has 0 aliphatic heterocycles. The number of methoxy groups -OCH3 is 1. The van der Waals surface area contributed by atoms with Gasteiger partial charge >= 0.3 is 0 Å². The standard InChI is InChI=1S/C14H26N4O/c1-4-18(5-2)9-8-16-13(10-15)12-6-7-14(19-3)17-11-12/h6-7,11,13,16H,4-5,8-10,15H2,1-3H3. The molecule has 0 amide bonds. The average molecular weight is 266 g/mol. The van der Waals surface area contributed by atoms with Gasteiger partial charge in [-0.15, -0.1) is 0 Å². The van der Waals surface area contributed by atoms with Crippen molar-refractivity contribution in [3.8, 4) is 5.88 Å². The number of hydrogen-bond acceptors (Lipinski definition) is 5. The quantitative estimate of drug-likeness (QED) is 0.699. The minimum atomic E-state index is 0.147. The van der Waals surface area contributed by atoms with Crippen molar-refractivity contribution >= 4 is 0 Å². The Morgan fingerprint density at radius 1 is 1.37 bits per heavy atom. The number of rotatable bonds is 9. The molecule has 1 aromatic rings. The normalized spacial score (nSPS) is 12.7. The van der Waals surface area contributed by atoms with Crippen LogP contribution in [0.5, 0.6) is 5.88 Å². The van der Waals surface area contributed by atoms with Gasteiger partial charge in [-0.3, -0.25) is 0 Å². The van der Waals surface area contributed by atoms with Crippen LogP contribution in [0.25, 0.3) is 0 Å². The molecule has 0 fully saturated rings. The van der Waals surface area contributed by atoms with E-state index in [1.807, 2.05) is 18.3 Å². The Morgan fingerprint density at radius 2 is 2.11 bits per heavy atom. The molecule has 0 aromatic carbocycles. The second kappa shape index (κ2) is 8.85. The first-order valence-electron chi connectivity index (χ1n) is 6.90. The third-order valence-electron chi connectivity index (χ3n) is 3.32. The van der Waals surface area contributed by atoms with E-state index in [4.69, 9.17) is 10.5 Å². The van der Waals surface area contributed by atoms with E-state index in [1.54, 1.807) is 7.11 Å². The highest BCUT2D eigenvalue weighted by atomic mass is 16.5. The van der Waals surface area contributed by atoms with Gasteiger partial charge in [-0.2, -0.15) is 0 Å². The zero-order valence-electron chi connectivity index (χ0n) is 12.2. The van der Waals surface area contributed by atoms with Crippen LogP contribution in [0.15, 0.2) is 18.3 Å². The monoisotopic (exact) mass is 266 g/mol. The molecule has 5 nitrogen and oxygen atoms in total. The van der Waals surface area contributed by atoms with Gasteiger partial charge in [0.2, 0.25) is 5.88 Å². The molecule has 5 heteroatoms. The van der Waals surface area contributed by atoms with E-state index in [1.165, 1.54) is 0 Å². The van der Waals surface area contributed by atoms with Gasteiger partial charge in [-0.1, -0.05) is 19.9 Å². The summed E-state index contributed by atoms with van der Waals surface area (Å²) < 4.78 is 5.05. The zero-order valence-corrected chi connectivity index (χ0v) is 12.2. The molecule has 1 unspecified atom stereocenters. The van der Waals surface area contributed by atoms with Gasteiger partial charge < -0.3 is 20.7 Å². The second-order valence-electron chi connectivity index (χ2n) is 4.40. The molecule has 19 heavy (non-hydrogen) atoms. The van der Waals surface area contributed by atoms with E-state index in [9.17, 15) is 0 Å². The topological polar surface area (TPSA) is 63.4 Å². The first kappa shape index (κ1) is 15.9. The first-order valence-corrected chi connectivity index (χ1v) is 6.90. The Hall–Kier alpha value is -1.17. The molecule has 0 bridgehead atoms. The van der Waals surface area contributed by atoms with Crippen molar-refractivity contribution in [2.24, 2.45) is 5.73 Å². The number of ether oxygens (including phenoxy) is 1. The minimum absolute atomic E-state index is 0.147. The minimum Gasteiger partial charge on any atom is -0.481 e. The number of aromatic nitrogens is 1. The van der Waals surface area contributed by atoms with Crippen LogP contribution in [0.1, 0.15) is 25.5 Å². The van der Waals surface area contributed by atoms with E-state index < -0.39 is 0 Å². The lowest BCUT2D eigenvalue weighted by Gasteiger charge is -2.21. The Labute approximate surface area is 116 Å². The van der Waals surface area contributed by atoms with E-state index in [-0.39, 0.29) is 6.04 Å². The third kappa shape index (κ3) is 5.14. The average Bonchev–Trinajstić information content (AvgIpc) is 2.48. The summed E-state index contributed by atoms with van der Waals surface area (Å²) in [5.41, 5.74) is 6.92. The third-order valence-corrected chi connectivity index (χ3v) is 3.32. The highest BCUT2D eigenvalue weighted by molar-refractivity contribution is 5.21. The van der Waals surface area contributed by atoms with Crippen LogP contribution in [0.4, 0.5) is 0 Å². The predicted molar refractivity (Wildman–Crippen MR) is 78.4 cm³/mol. The van der Waals surface area contributed by atoms with Crippen LogP contribution in [0.2, 0.25) is 0 Å². The molecule has 1 aromatic heterocycles. The number of pyridine rings is 1. The van der Waals surface area contributed by atoms with Gasteiger partial charge in [0.05, 0.1) is 7.11 Å². The van der Waals surface area contributed by atoms with Crippen molar-refractivity contribution in [1.29, 1.82) is 0 Å². The van der Waals surface area contributed by atoms with Crippen molar-refractivity contribution in [2.45, 2.75) is 19.9 Å². The summed E-state index contributed by atoms with van der Waals surface area (Å²) in [4.78, 5) is 6.60. The lowest BCUT2D eigenvalue weighted by Crippen LogP contribution is -2.36. The number of hydrogen-bond donors (Lipinski definition) is 2. The van der Waals surface area contributed by atoms with E-state index >= 15 is 0 Å². The molecule has 1 rings (SSSR count). The first-order chi connectivity index (χ1) is 9.24. The Balaban J connectivity index is 2.48.